The van der Waals surface area contributed by atoms with Crippen LogP contribution < -0.4 is 24.4 Å². The zero-order valence-electron chi connectivity index (χ0n) is 21.2. The van der Waals surface area contributed by atoms with Gasteiger partial charge in [-0.15, -0.1) is 11.3 Å². The van der Waals surface area contributed by atoms with Crippen LogP contribution in [0.5, 0.6) is 5.75 Å². The normalized spacial score (nSPS) is 24.3. The van der Waals surface area contributed by atoms with Gasteiger partial charge >= 0.3 is 0 Å². The summed E-state index contributed by atoms with van der Waals surface area (Å²) in [5, 5.41) is 0.914. The lowest BCUT2D eigenvalue weighted by molar-refractivity contribution is -0.122. The van der Waals surface area contributed by atoms with E-state index in [2.05, 4.69) is 4.90 Å². The number of fused-ring (bicyclic) bond motifs is 1. The minimum atomic E-state index is -0.00953. The lowest BCUT2D eigenvalue weighted by Gasteiger charge is -2.29. The number of carbonyl (C=O) groups excluding carboxylic acids is 1. The fourth-order valence-corrected chi connectivity index (χ4v) is 10.00. The Morgan fingerprint density at radius 2 is 1.62 bits per heavy atom. The Hall–Kier alpha value is -1.75. The van der Waals surface area contributed by atoms with Crippen LogP contribution in [0.4, 0.5) is 5.69 Å². The van der Waals surface area contributed by atoms with E-state index >= 15 is 0 Å². The van der Waals surface area contributed by atoms with Gasteiger partial charge in [-0.2, -0.15) is 0 Å². The minimum absolute atomic E-state index is 0.00953. The van der Waals surface area contributed by atoms with E-state index in [-0.39, 0.29) is 23.6 Å². The molecule has 2 aliphatic carbocycles. The highest BCUT2D eigenvalue weighted by Gasteiger charge is 2.39. The molecule has 1 aromatic carbocycles. The molecule has 37 heavy (non-hydrogen) atoms. The molecule has 4 aliphatic rings. The molecule has 2 aliphatic heterocycles. The summed E-state index contributed by atoms with van der Waals surface area (Å²) in [6.07, 6.45) is 10.9. The molecule has 0 spiro atoms. The number of nitrogens with zero attached hydrogens (tertiary/aromatic N) is 3. The summed E-state index contributed by atoms with van der Waals surface area (Å²) in [6.45, 7) is 0. The van der Waals surface area contributed by atoms with Gasteiger partial charge in [0.25, 0.3) is 11.5 Å². The molecule has 196 valence electrons. The van der Waals surface area contributed by atoms with Gasteiger partial charge in [-0.1, -0.05) is 74.3 Å². The maximum absolute atomic E-state index is 14.1. The first-order valence-corrected chi connectivity index (χ1v) is 16.0. The number of carbonyl (C=O) groups is 1. The van der Waals surface area contributed by atoms with E-state index in [1.807, 2.05) is 34.7 Å². The lowest BCUT2D eigenvalue weighted by atomic mass is 9.94. The van der Waals surface area contributed by atoms with E-state index < -0.39 is 0 Å². The lowest BCUT2D eigenvalue weighted by Crippen LogP contribution is -2.41. The Kier molecular flexibility index (Phi) is 7.20. The third-order valence-electron chi connectivity index (χ3n) is 7.94. The Morgan fingerprint density at radius 3 is 2.30 bits per heavy atom. The number of hydrogen-bond acceptors (Lipinski definition) is 8. The number of thioether (sulfide) groups is 2. The first-order chi connectivity index (χ1) is 18.0. The molecule has 1 saturated heterocycles. The second-order valence-electron chi connectivity index (χ2n) is 10.2. The molecule has 0 atom stereocenters. The molecule has 6 nitrogen and oxygen atoms in total. The standard InChI is InChI=1S/C27H31N3O3S4/c1-28-19-15-18(33-2)13-14-20(19)35-25(28)21-23(31)29(16-9-5-3-6-10-16)26(36-21)22-24(32)30(27(34)37-22)17-11-7-4-8-12-17/h13-17H,3-12H2,1-2H3. The van der Waals surface area contributed by atoms with E-state index in [1.165, 1.54) is 35.9 Å². The van der Waals surface area contributed by atoms with Crippen LogP contribution in [0.2, 0.25) is 0 Å². The van der Waals surface area contributed by atoms with Crippen molar-refractivity contribution < 1.29 is 9.53 Å². The first kappa shape index (κ1) is 25.5. The van der Waals surface area contributed by atoms with E-state index in [4.69, 9.17) is 17.0 Å². The number of ether oxygens (including phenoxy) is 1. The summed E-state index contributed by atoms with van der Waals surface area (Å²) in [5.74, 6) is 0.781. The number of thiocarbonyl (C=S) groups is 1. The monoisotopic (exact) mass is 573 g/mol. The van der Waals surface area contributed by atoms with Gasteiger partial charge in [-0.3, -0.25) is 19.1 Å². The third-order valence-corrected chi connectivity index (χ3v) is 12.0. The minimum Gasteiger partial charge on any atom is -0.497 e. The summed E-state index contributed by atoms with van der Waals surface area (Å²) < 4.78 is 9.52. The molecular weight excluding hydrogens is 543 g/mol. The van der Waals surface area contributed by atoms with Gasteiger partial charge in [-0.05, 0) is 37.8 Å². The van der Waals surface area contributed by atoms with Crippen molar-refractivity contribution in [2.45, 2.75) is 81.2 Å². The smallest absolute Gasteiger partial charge is 0.272 e. The maximum Gasteiger partial charge on any atom is 0.272 e. The van der Waals surface area contributed by atoms with E-state index in [9.17, 15) is 9.59 Å². The van der Waals surface area contributed by atoms with Crippen molar-refractivity contribution in [2.75, 3.05) is 19.1 Å². The van der Waals surface area contributed by atoms with E-state index in [1.54, 1.807) is 18.9 Å². The van der Waals surface area contributed by atoms with Crippen molar-refractivity contribution in [1.82, 2.24) is 9.47 Å². The van der Waals surface area contributed by atoms with Crippen molar-refractivity contribution in [1.29, 1.82) is 0 Å². The molecule has 3 heterocycles. The highest BCUT2D eigenvalue weighted by molar-refractivity contribution is 8.30. The number of hydrogen-bond donors (Lipinski definition) is 0. The zero-order valence-corrected chi connectivity index (χ0v) is 24.4. The molecule has 10 heteroatoms. The number of aromatic nitrogens is 1. The van der Waals surface area contributed by atoms with E-state index in [0.717, 1.165) is 77.4 Å². The molecule has 3 fully saturated rings. The van der Waals surface area contributed by atoms with Crippen LogP contribution in [0.25, 0.3) is 9.93 Å². The van der Waals surface area contributed by atoms with Crippen molar-refractivity contribution in [3.63, 3.8) is 0 Å². The third kappa shape index (κ3) is 4.47. The van der Waals surface area contributed by atoms with Gasteiger partial charge in [0.15, 0.2) is 0 Å². The number of rotatable bonds is 3. The van der Waals surface area contributed by atoms with Gasteiger partial charge < -0.3 is 9.64 Å². The predicted octanol–water partition coefficient (Wildman–Crippen LogP) is 5.03. The Balaban J connectivity index is 1.52. The number of amides is 1. The van der Waals surface area contributed by atoms with Gasteiger partial charge in [0.2, 0.25) is 0 Å². The Bertz CT molecular complexity index is 1430. The van der Waals surface area contributed by atoms with Crippen LogP contribution in [-0.2, 0) is 4.79 Å². The van der Waals surface area contributed by atoms with Crippen LogP contribution in [0.15, 0.2) is 27.9 Å². The molecule has 1 aromatic heterocycles. The van der Waals surface area contributed by atoms with Crippen molar-refractivity contribution >= 4 is 72.9 Å². The summed E-state index contributed by atoms with van der Waals surface area (Å²) in [6, 6.07) is 6.31. The van der Waals surface area contributed by atoms with Crippen molar-refractivity contribution in [3.05, 3.63) is 37.7 Å². The summed E-state index contributed by atoms with van der Waals surface area (Å²) in [4.78, 5) is 33.6. The van der Waals surface area contributed by atoms with Crippen LogP contribution in [0.3, 0.4) is 0 Å². The molecule has 6 rings (SSSR count). The molecule has 0 bridgehead atoms. The number of thiazole rings is 1. The molecule has 2 aromatic rings. The predicted molar refractivity (Wildman–Crippen MR) is 158 cm³/mol. The number of benzene rings is 1. The number of anilines is 1. The second-order valence-corrected chi connectivity index (χ2v) is 13.8. The molecular formula is C27H31N3O3S4. The van der Waals surface area contributed by atoms with Crippen LogP contribution in [0.1, 0.15) is 70.3 Å². The molecule has 1 amide bonds. The van der Waals surface area contributed by atoms with Gasteiger partial charge in [0.05, 0.1) is 12.8 Å². The molecule has 0 N–H and O–H groups in total. The van der Waals surface area contributed by atoms with Gasteiger partial charge in [0.1, 0.15) is 29.2 Å². The molecule has 0 unspecified atom stereocenters. The molecule has 2 saturated carbocycles. The van der Waals surface area contributed by atoms with Crippen molar-refractivity contribution in [2.24, 2.45) is 0 Å². The highest BCUT2D eigenvalue weighted by atomic mass is 32.2. The fourth-order valence-electron chi connectivity index (χ4n) is 5.97. The van der Waals surface area contributed by atoms with E-state index in [0.29, 0.717) is 13.8 Å². The zero-order chi connectivity index (χ0) is 25.7. The summed E-state index contributed by atoms with van der Waals surface area (Å²) in [7, 11) is 3.66. The summed E-state index contributed by atoms with van der Waals surface area (Å²) in [5.41, 5.74) is 1.05. The maximum atomic E-state index is 14.1. The van der Waals surface area contributed by atoms with Crippen LogP contribution >= 0.6 is 47.1 Å². The highest BCUT2D eigenvalue weighted by Crippen LogP contribution is 2.47. The molecule has 0 radical (unpaired) electrons. The van der Waals surface area contributed by atoms with Crippen LogP contribution in [0, 0.1) is 0 Å². The average molecular weight is 574 g/mol. The Morgan fingerprint density at radius 1 is 0.946 bits per heavy atom. The first-order valence-electron chi connectivity index (χ1n) is 13.1. The quantitative estimate of drug-likeness (QED) is 0.478. The Labute approximate surface area is 234 Å². The fraction of sp³-hybridized carbons (Fsp3) is 0.519. The SMILES string of the molecule is COc1ccc2c(c1)N(C)C(=c1sc(=C3SC(=S)N(C4CCCCC4)C3=O)n(C3CCCCC3)c1=O)S2. The topological polar surface area (TPSA) is 54.8 Å². The number of methoxy groups -OCH3 is 1. The van der Waals surface area contributed by atoms with Crippen molar-refractivity contribution in [3.8, 4) is 5.75 Å². The second kappa shape index (κ2) is 10.4. The van der Waals surface area contributed by atoms with Gasteiger partial charge in [0, 0.05) is 30.1 Å². The van der Waals surface area contributed by atoms with Crippen LogP contribution in [-0.4, -0.2) is 39.9 Å². The van der Waals surface area contributed by atoms with Gasteiger partial charge in [-0.25, -0.2) is 0 Å². The largest absolute Gasteiger partial charge is 0.497 e. The average Bonchev–Trinajstić information content (AvgIpc) is 3.54. The summed E-state index contributed by atoms with van der Waals surface area (Å²) >= 11 is 10.2.